The first-order chi connectivity index (χ1) is 6.90. The average Bonchev–Trinajstić information content (AvgIpc) is 2.62. The largest absolute Gasteiger partial charge is 0.396 e. The highest BCUT2D eigenvalue weighted by molar-refractivity contribution is 7.86. The van der Waals surface area contributed by atoms with Crippen molar-refractivity contribution in [3.05, 3.63) is 0 Å². The van der Waals surface area contributed by atoms with Gasteiger partial charge in [0.2, 0.25) is 0 Å². The van der Waals surface area contributed by atoms with Crippen molar-refractivity contribution in [3.63, 3.8) is 0 Å². The average molecular weight is 237 g/mol. The van der Waals surface area contributed by atoms with Gasteiger partial charge in [-0.3, -0.25) is 4.55 Å². The second-order valence-corrected chi connectivity index (χ2v) is 6.09. The Bertz CT molecular complexity index is 295. The molecule has 0 aromatic heterocycles. The van der Waals surface area contributed by atoms with Gasteiger partial charge in [0, 0.05) is 6.61 Å². The molecule has 0 spiro atoms. The van der Waals surface area contributed by atoms with Crippen LogP contribution >= 0.6 is 0 Å². The minimum Gasteiger partial charge on any atom is -0.396 e. The summed E-state index contributed by atoms with van der Waals surface area (Å²) in [5, 5.41) is 8.06. The molecule has 1 rings (SSSR count). The van der Waals surface area contributed by atoms with E-state index in [1.165, 1.54) is 0 Å². The SMILES string of the molecule is NC(CCC1(CO)CCCC1)S(=O)(=O)O. The summed E-state index contributed by atoms with van der Waals surface area (Å²) in [6.45, 7) is 0.0746. The quantitative estimate of drug-likeness (QED) is 0.604. The number of hydrogen-bond acceptors (Lipinski definition) is 4. The van der Waals surface area contributed by atoms with Crippen LogP contribution in [0.25, 0.3) is 0 Å². The van der Waals surface area contributed by atoms with Gasteiger partial charge in [-0.25, -0.2) is 0 Å². The maximum atomic E-state index is 10.7. The van der Waals surface area contributed by atoms with Gasteiger partial charge >= 0.3 is 0 Å². The first kappa shape index (κ1) is 12.9. The highest BCUT2D eigenvalue weighted by Crippen LogP contribution is 2.41. The van der Waals surface area contributed by atoms with Crippen LogP contribution in [0, 0.1) is 5.41 Å². The van der Waals surface area contributed by atoms with Gasteiger partial charge in [-0.05, 0) is 31.1 Å². The molecule has 1 aliphatic carbocycles. The van der Waals surface area contributed by atoms with Crippen molar-refractivity contribution in [2.45, 2.75) is 43.9 Å². The minimum absolute atomic E-state index is 0.0746. The van der Waals surface area contributed by atoms with Crippen LogP contribution in [0.1, 0.15) is 38.5 Å². The van der Waals surface area contributed by atoms with E-state index in [4.69, 9.17) is 10.3 Å². The van der Waals surface area contributed by atoms with E-state index in [1.54, 1.807) is 0 Å². The first-order valence-corrected chi connectivity index (χ1v) is 6.73. The molecule has 5 nitrogen and oxygen atoms in total. The molecule has 1 aliphatic rings. The Morgan fingerprint density at radius 3 is 2.27 bits per heavy atom. The summed E-state index contributed by atoms with van der Waals surface area (Å²) < 4.78 is 30.1. The molecule has 0 amide bonds. The molecule has 0 saturated heterocycles. The summed E-state index contributed by atoms with van der Waals surface area (Å²) in [7, 11) is -4.13. The van der Waals surface area contributed by atoms with Crippen molar-refractivity contribution in [3.8, 4) is 0 Å². The van der Waals surface area contributed by atoms with Crippen LogP contribution in [0.15, 0.2) is 0 Å². The fourth-order valence-electron chi connectivity index (χ4n) is 2.21. The second-order valence-electron chi connectivity index (χ2n) is 4.46. The Morgan fingerprint density at radius 1 is 1.33 bits per heavy atom. The van der Waals surface area contributed by atoms with Crippen molar-refractivity contribution in [2.75, 3.05) is 6.61 Å². The van der Waals surface area contributed by atoms with Gasteiger partial charge in [0.15, 0.2) is 0 Å². The third kappa shape index (κ3) is 3.41. The molecular formula is C9H19NO4S. The number of aliphatic hydroxyl groups is 1. The molecule has 1 unspecified atom stereocenters. The molecule has 4 N–H and O–H groups in total. The van der Waals surface area contributed by atoms with Gasteiger partial charge in [0.05, 0.1) is 0 Å². The second kappa shape index (κ2) is 4.78. The van der Waals surface area contributed by atoms with Crippen molar-refractivity contribution in [2.24, 2.45) is 11.1 Å². The third-order valence-corrected chi connectivity index (χ3v) is 4.34. The van der Waals surface area contributed by atoms with E-state index < -0.39 is 15.5 Å². The summed E-state index contributed by atoms with van der Waals surface area (Å²) in [4.78, 5) is 0. The third-order valence-electron chi connectivity index (χ3n) is 3.34. The number of nitrogens with two attached hydrogens (primary N) is 1. The summed E-state index contributed by atoms with van der Waals surface area (Å²) in [6, 6.07) is 0. The van der Waals surface area contributed by atoms with Crippen molar-refractivity contribution in [1.29, 1.82) is 0 Å². The van der Waals surface area contributed by atoms with Crippen LogP contribution < -0.4 is 5.73 Å². The molecule has 0 heterocycles. The predicted molar refractivity (Wildman–Crippen MR) is 56.7 cm³/mol. The number of aliphatic hydroxyl groups excluding tert-OH is 1. The molecule has 0 aromatic rings. The Hall–Kier alpha value is -0.170. The Balaban J connectivity index is 2.48. The summed E-state index contributed by atoms with van der Waals surface area (Å²) in [6.07, 6.45) is 4.75. The highest BCUT2D eigenvalue weighted by atomic mass is 32.2. The van der Waals surface area contributed by atoms with Crippen LogP contribution in [0.3, 0.4) is 0 Å². The van der Waals surface area contributed by atoms with Gasteiger partial charge in [-0.1, -0.05) is 12.8 Å². The number of rotatable bonds is 5. The molecule has 0 aliphatic heterocycles. The molecule has 15 heavy (non-hydrogen) atoms. The van der Waals surface area contributed by atoms with Gasteiger partial charge < -0.3 is 10.8 Å². The minimum atomic E-state index is -4.13. The predicted octanol–water partition coefficient (Wildman–Crippen LogP) is 0.492. The van der Waals surface area contributed by atoms with E-state index in [0.717, 1.165) is 25.7 Å². The van der Waals surface area contributed by atoms with E-state index in [9.17, 15) is 13.5 Å². The summed E-state index contributed by atoms with van der Waals surface area (Å²) in [5.74, 6) is 0. The molecule has 1 atom stereocenters. The molecule has 6 heteroatoms. The van der Waals surface area contributed by atoms with E-state index in [1.807, 2.05) is 0 Å². The lowest BCUT2D eigenvalue weighted by Gasteiger charge is -2.27. The van der Waals surface area contributed by atoms with Crippen molar-refractivity contribution in [1.82, 2.24) is 0 Å². The van der Waals surface area contributed by atoms with Crippen LogP contribution in [0.2, 0.25) is 0 Å². The molecule has 0 bridgehead atoms. The van der Waals surface area contributed by atoms with E-state index in [2.05, 4.69) is 0 Å². The van der Waals surface area contributed by atoms with Crippen LogP contribution in [-0.2, 0) is 10.1 Å². The Labute approximate surface area is 90.4 Å². The van der Waals surface area contributed by atoms with Crippen LogP contribution in [0.4, 0.5) is 0 Å². The van der Waals surface area contributed by atoms with Crippen LogP contribution in [-0.4, -0.2) is 30.1 Å². The number of hydrogen-bond donors (Lipinski definition) is 3. The van der Waals surface area contributed by atoms with Crippen molar-refractivity contribution >= 4 is 10.1 Å². The van der Waals surface area contributed by atoms with Gasteiger partial charge in [-0.15, -0.1) is 0 Å². The molecule has 1 saturated carbocycles. The van der Waals surface area contributed by atoms with E-state index in [-0.39, 0.29) is 18.4 Å². The molecule has 90 valence electrons. The first-order valence-electron chi connectivity index (χ1n) is 5.22. The fourth-order valence-corrected chi connectivity index (χ4v) is 2.63. The Kier molecular flexibility index (Phi) is 4.11. The zero-order valence-corrected chi connectivity index (χ0v) is 9.54. The molecule has 0 aromatic carbocycles. The van der Waals surface area contributed by atoms with Crippen molar-refractivity contribution < 1.29 is 18.1 Å². The fraction of sp³-hybridized carbons (Fsp3) is 1.00. The lowest BCUT2D eigenvalue weighted by atomic mass is 9.82. The molecule has 0 radical (unpaired) electrons. The standard InChI is InChI=1S/C9H19NO4S/c10-8(15(12,13)14)3-6-9(7-11)4-1-2-5-9/h8,11H,1-7,10H2,(H,12,13,14). The van der Waals surface area contributed by atoms with Gasteiger partial charge in [0.25, 0.3) is 10.1 Å². The normalized spacial score (nSPS) is 22.9. The summed E-state index contributed by atoms with van der Waals surface area (Å²) in [5.41, 5.74) is 5.16. The molecule has 1 fully saturated rings. The maximum Gasteiger partial charge on any atom is 0.280 e. The van der Waals surface area contributed by atoms with E-state index in [0.29, 0.717) is 6.42 Å². The maximum absolute atomic E-state index is 10.7. The monoisotopic (exact) mass is 237 g/mol. The van der Waals surface area contributed by atoms with Gasteiger partial charge in [-0.2, -0.15) is 8.42 Å². The molecular weight excluding hydrogens is 218 g/mol. The lowest BCUT2D eigenvalue weighted by molar-refractivity contribution is 0.118. The highest BCUT2D eigenvalue weighted by Gasteiger charge is 2.34. The topological polar surface area (TPSA) is 101 Å². The zero-order valence-electron chi connectivity index (χ0n) is 8.72. The Morgan fingerprint density at radius 2 is 1.87 bits per heavy atom. The van der Waals surface area contributed by atoms with Crippen LogP contribution in [0.5, 0.6) is 0 Å². The van der Waals surface area contributed by atoms with E-state index >= 15 is 0 Å². The zero-order chi connectivity index (χ0) is 11.5. The lowest BCUT2D eigenvalue weighted by Crippen LogP contribution is -2.33. The smallest absolute Gasteiger partial charge is 0.280 e. The van der Waals surface area contributed by atoms with Gasteiger partial charge in [0.1, 0.15) is 5.37 Å². The summed E-state index contributed by atoms with van der Waals surface area (Å²) >= 11 is 0.